The van der Waals surface area contributed by atoms with Gasteiger partial charge in [-0.25, -0.2) is 8.42 Å². The summed E-state index contributed by atoms with van der Waals surface area (Å²) in [6.07, 6.45) is 0. The highest BCUT2D eigenvalue weighted by Crippen LogP contribution is 2.33. The van der Waals surface area contributed by atoms with Crippen LogP contribution in [0.15, 0.2) is 28.5 Å². The minimum absolute atomic E-state index is 0.293. The van der Waals surface area contributed by atoms with Gasteiger partial charge >= 0.3 is 0 Å². The van der Waals surface area contributed by atoms with Crippen LogP contribution in [-0.2, 0) is 14.8 Å². The summed E-state index contributed by atoms with van der Waals surface area (Å²) in [5, 5.41) is 0.736. The van der Waals surface area contributed by atoms with E-state index in [9.17, 15) is 13.2 Å². The first-order chi connectivity index (χ1) is 11.3. The Labute approximate surface area is 154 Å². The summed E-state index contributed by atoms with van der Waals surface area (Å²) in [7, 11) is -3.57. The van der Waals surface area contributed by atoms with Crippen LogP contribution in [0.4, 0.5) is 0 Å². The average Bonchev–Trinajstić information content (AvgIpc) is 2.98. The van der Waals surface area contributed by atoms with Crippen molar-refractivity contribution in [2.24, 2.45) is 5.73 Å². The van der Waals surface area contributed by atoms with Gasteiger partial charge in [-0.1, -0.05) is 17.7 Å². The molecule has 0 saturated carbocycles. The quantitative estimate of drug-likeness (QED) is 0.757. The highest BCUT2D eigenvalue weighted by Gasteiger charge is 2.32. The number of rotatable bonds is 4. The molecule has 2 N–H and O–H groups in total. The van der Waals surface area contributed by atoms with E-state index in [1.54, 1.807) is 23.1 Å². The molecule has 1 aromatic heterocycles. The Morgan fingerprint density at radius 1 is 1.25 bits per heavy atom. The third kappa shape index (κ3) is 3.42. The van der Waals surface area contributed by atoms with Crippen LogP contribution in [0.3, 0.4) is 0 Å². The number of halogens is 1. The first kappa shape index (κ1) is 18.0. The van der Waals surface area contributed by atoms with Gasteiger partial charge in [0, 0.05) is 35.9 Å². The summed E-state index contributed by atoms with van der Waals surface area (Å²) in [5.74, 6) is -0.531. The van der Waals surface area contributed by atoms with E-state index in [1.165, 1.54) is 15.6 Å². The molecular weight excluding hydrogens is 390 g/mol. The maximum Gasteiger partial charge on any atom is 0.252 e. The van der Waals surface area contributed by atoms with E-state index < -0.39 is 21.3 Å². The SMILES string of the molecule is NC(=O)C(S)N1CCN(S(=O)(=O)c2cc3ccc(Cl)cc3s2)CC1. The monoisotopic (exact) mass is 405 g/mol. The van der Waals surface area contributed by atoms with Gasteiger partial charge in [0.15, 0.2) is 0 Å². The van der Waals surface area contributed by atoms with Crippen LogP contribution in [-0.4, -0.2) is 55.1 Å². The average molecular weight is 406 g/mol. The van der Waals surface area contributed by atoms with Crippen LogP contribution in [0.2, 0.25) is 5.02 Å². The second-order valence-corrected chi connectivity index (χ2v) is 9.64. The van der Waals surface area contributed by atoms with E-state index >= 15 is 0 Å². The van der Waals surface area contributed by atoms with Crippen molar-refractivity contribution in [2.45, 2.75) is 9.58 Å². The molecule has 1 aliphatic heterocycles. The predicted octanol–water partition coefficient (Wildman–Crippen LogP) is 1.60. The van der Waals surface area contributed by atoms with Crippen LogP contribution in [0, 0.1) is 0 Å². The Morgan fingerprint density at radius 2 is 1.92 bits per heavy atom. The Morgan fingerprint density at radius 3 is 2.54 bits per heavy atom. The zero-order valence-electron chi connectivity index (χ0n) is 12.6. The molecule has 1 unspecified atom stereocenters. The number of nitrogens with zero attached hydrogens (tertiary/aromatic N) is 2. The lowest BCUT2D eigenvalue weighted by atomic mass is 10.3. The fourth-order valence-corrected chi connectivity index (χ4v) is 6.09. The number of amides is 1. The molecule has 0 aliphatic carbocycles. The van der Waals surface area contributed by atoms with Crippen LogP contribution in [0.1, 0.15) is 0 Å². The van der Waals surface area contributed by atoms with Gasteiger partial charge in [0.1, 0.15) is 9.58 Å². The molecule has 10 heteroatoms. The van der Waals surface area contributed by atoms with Gasteiger partial charge in [0.25, 0.3) is 10.0 Å². The number of hydrogen-bond donors (Lipinski definition) is 2. The summed E-state index contributed by atoms with van der Waals surface area (Å²) in [4.78, 5) is 13.0. The molecule has 0 spiro atoms. The Bertz CT molecular complexity index is 876. The van der Waals surface area contributed by atoms with E-state index in [1.807, 2.05) is 6.07 Å². The summed E-state index contributed by atoms with van der Waals surface area (Å²) in [5.41, 5.74) is 5.24. The number of nitrogens with two attached hydrogens (primary N) is 1. The van der Waals surface area contributed by atoms with Gasteiger partial charge in [-0.15, -0.1) is 11.3 Å². The third-order valence-corrected chi connectivity index (χ3v) is 8.19. The minimum atomic E-state index is -3.57. The summed E-state index contributed by atoms with van der Waals surface area (Å²) >= 11 is 11.3. The predicted molar refractivity (Wildman–Crippen MR) is 99.1 cm³/mol. The fraction of sp³-hybridized carbons (Fsp3) is 0.357. The van der Waals surface area contributed by atoms with Crippen LogP contribution < -0.4 is 5.73 Å². The zero-order chi connectivity index (χ0) is 17.5. The molecule has 1 aliphatic rings. The second-order valence-electron chi connectivity index (χ2n) is 5.46. The highest BCUT2D eigenvalue weighted by molar-refractivity contribution is 7.91. The second kappa shape index (κ2) is 6.81. The number of primary amides is 1. The largest absolute Gasteiger partial charge is 0.368 e. The highest BCUT2D eigenvalue weighted by atomic mass is 35.5. The van der Waals surface area contributed by atoms with E-state index in [2.05, 4.69) is 12.6 Å². The van der Waals surface area contributed by atoms with Gasteiger partial charge < -0.3 is 5.73 Å². The topological polar surface area (TPSA) is 83.7 Å². The fourth-order valence-electron chi connectivity index (χ4n) is 2.60. The van der Waals surface area contributed by atoms with E-state index in [4.69, 9.17) is 17.3 Å². The van der Waals surface area contributed by atoms with Crippen LogP contribution in [0.25, 0.3) is 10.1 Å². The standard InChI is InChI=1S/C14H16ClN3O3S3/c15-10-2-1-9-7-12(23-11(9)8-10)24(20,21)18-5-3-17(4-6-18)14(22)13(16)19/h1-2,7-8,14,22H,3-6H2,(H2,16,19). The molecule has 3 rings (SSSR count). The molecule has 0 bridgehead atoms. The van der Waals surface area contributed by atoms with Crippen molar-refractivity contribution in [3.63, 3.8) is 0 Å². The van der Waals surface area contributed by atoms with E-state index in [-0.39, 0.29) is 0 Å². The number of thiophene rings is 1. The van der Waals surface area contributed by atoms with Crippen LogP contribution in [0.5, 0.6) is 0 Å². The minimum Gasteiger partial charge on any atom is -0.368 e. The molecule has 1 amide bonds. The number of thiol groups is 1. The smallest absolute Gasteiger partial charge is 0.252 e. The summed E-state index contributed by atoms with van der Waals surface area (Å²) < 4.78 is 28.2. The number of benzene rings is 1. The number of carbonyl (C=O) groups is 1. The summed E-state index contributed by atoms with van der Waals surface area (Å²) in [6, 6.07) is 6.98. The normalized spacial score (nSPS) is 18.8. The molecule has 0 radical (unpaired) electrons. The Hall–Kier alpha value is -0.840. The molecule has 6 nitrogen and oxygen atoms in total. The lowest BCUT2D eigenvalue weighted by Crippen LogP contribution is -2.53. The van der Waals surface area contributed by atoms with Gasteiger partial charge in [-0.2, -0.15) is 16.9 Å². The zero-order valence-corrected chi connectivity index (χ0v) is 15.8. The first-order valence-electron chi connectivity index (χ1n) is 7.20. The molecule has 2 heterocycles. The van der Waals surface area contributed by atoms with Crippen molar-refractivity contribution in [3.05, 3.63) is 29.3 Å². The van der Waals surface area contributed by atoms with Crippen molar-refractivity contribution in [1.29, 1.82) is 0 Å². The molecule has 1 saturated heterocycles. The number of fused-ring (bicyclic) bond motifs is 1. The first-order valence-corrected chi connectivity index (χ1v) is 10.3. The van der Waals surface area contributed by atoms with Crippen LogP contribution >= 0.6 is 35.6 Å². The maximum atomic E-state index is 12.8. The number of hydrogen-bond acceptors (Lipinski definition) is 6. The number of sulfonamides is 1. The van der Waals surface area contributed by atoms with Gasteiger partial charge in [0.2, 0.25) is 5.91 Å². The van der Waals surface area contributed by atoms with E-state index in [0.29, 0.717) is 35.4 Å². The number of piperazine rings is 1. The maximum absolute atomic E-state index is 12.8. The van der Waals surface area contributed by atoms with Crippen molar-refractivity contribution >= 4 is 61.6 Å². The van der Waals surface area contributed by atoms with Crippen molar-refractivity contribution in [1.82, 2.24) is 9.21 Å². The molecular formula is C14H16ClN3O3S3. The lowest BCUT2D eigenvalue weighted by Gasteiger charge is -2.35. The number of carbonyl (C=O) groups excluding carboxylic acids is 1. The van der Waals surface area contributed by atoms with Gasteiger partial charge in [-0.05, 0) is 23.6 Å². The lowest BCUT2D eigenvalue weighted by molar-refractivity contribution is -0.120. The van der Waals surface area contributed by atoms with Gasteiger partial charge in [0.05, 0.1) is 0 Å². The Kier molecular flexibility index (Phi) is 5.10. The van der Waals surface area contributed by atoms with Crippen molar-refractivity contribution < 1.29 is 13.2 Å². The van der Waals surface area contributed by atoms with E-state index in [0.717, 1.165) is 10.1 Å². The van der Waals surface area contributed by atoms with Crippen molar-refractivity contribution in [3.8, 4) is 0 Å². The molecule has 1 atom stereocenters. The molecule has 2 aromatic rings. The van der Waals surface area contributed by atoms with Gasteiger partial charge in [-0.3, -0.25) is 9.69 Å². The Balaban J connectivity index is 1.79. The molecule has 130 valence electrons. The third-order valence-electron chi connectivity index (χ3n) is 3.93. The van der Waals surface area contributed by atoms with Crippen molar-refractivity contribution in [2.75, 3.05) is 26.2 Å². The summed E-state index contributed by atoms with van der Waals surface area (Å²) in [6.45, 7) is 1.41. The molecule has 1 aromatic carbocycles. The molecule has 1 fully saturated rings. The molecule has 24 heavy (non-hydrogen) atoms.